The molecule has 0 amide bonds. The molecule has 0 aromatic heterocycles. The summed E-state index contributed by atoms with van der Waals surface area (Å²) in [7, 11) is 1.63. The van der Waals surface area contributed by atoms with Crippen LogP contribution < -0.4 is 10.5 Å². The Labute approximate surface area is 153 Å². The number of hydrogen-bond donors (Lipinski definition) is 1. The molecule has 23 heavy (non-hydrogen) atoms. The monoisotopic (exact) mass is 433 g/mol. The van der Waals surface area contributed by atoms with Crippen molar-refractivity contribution in [1.29, 1.82) is 0 Å². The van der Waals surface area contributed by atoms with Gasteiger partial charge in [0, 0.05) is 21.9 Å². The lowest BCUT2D eigenvalue weighted by Crippen LogP contribution is -2.26. The van der Waals surface area contributed by atoms with Gasteiger partial charge >= 0.3 is 0 Å². The number of ether oxygens (including phenoxy) is 2. The number of aliphatic imine (C=N–C) groups is 1. The van der Waals surface area contributed by atoms with E-state index in [-0.39, 0.29) is 6.10 Å². The third-order valence-corrected chi connectivity index (χ3v) is 4.40. The Bertz CT molecular complexity index is 529. The summed E-state index contributed by atoms with van der Waals surface area (Å²) in [5.74, 6) is 1.30. The van der Waals surface area contributed by atoms with Crippen LogP contribution in [0.3, 0.4) is 0 Å². The molecule has 0 bridgehead atoms. The first kappa shape index (κ1) is 20.0. The molecule has 1 aromatic carbocycles. The van der Waals surface area contributed by atoms with Gasteiger partial charge in [0.2, 0.25) is 5.90 Å². The number of benzene rings is 1. The summed E-state index contributed by atoms with van der Waals surface area (Å²) in [4.78, 5) is 7.01. The number of nitrogen functional groups attached to an aromatic ring is 1. The Hall–Kier alpha value is -1.02. The Morgan fingerprint density at radius 3 is 2.48 bits per heavy atom. The fraction of sp³-hybridized carbons (Fsp3) is 0.588. The van der Waals surface area contributed by atoms with Gasteiger partial charge in [-0.05, 0) is 55.6 Å². The van der Waals surface area contributed by atoms with Crippen molar-refractivity contribution in [2.75, 3.05) is 39.0 Å². The van der Waals surface area contributed by atoms with E-state index >= 15 is 0 Å². The van der Waals surface area contributed by atoms with E-state index in [1.807, 2.05) is 26.0 Å². The van der Waals surface area contributed by atoms with Crippen molar-refractivity contribution < 1.29 is 9.47 Å². The maximum absolute atomic E-state index is 5.97. The molecule has 1 rings (SSSR count). The van der Waals surface area contributed by atoms with Crippen LogP contribution in [0.4, 0.5) is 5.69 Å². The van der Waals surface area contributed by atoms with Gasteiger partial charge in [-0.1, -0.05) is 13.8 Å². The number of likely N-dealkylation sites (N-methyl/N-ethyl adjacent to an activating group) is 1. The van der Waals surface area contributed by atoms with E-state index < -0.39 is 0 Å². The highest BCUT2D eigenvalue weighted by Crippen LogP contribution is 2.28. The smallest absolute Gasteiger partial charge is 0.220 e. The quantitative estimate of drug-likeness (QED) is 0.296. The topological polar surface area (TPSA) is 60.1 Å². The molecule has 2 N–H and O–H groups in total. The van der Waals surface area contributed by atoms with Crippen LogP contribution in [0.2, 0.25) is 0 Å². The van der Waals surface area contributed by atoms with E-state index in [1.54, 1.807) is 7.11 Å². The van der Waals surface area contributed by atoms with Crippen LogP contribution in [0, 0.1) is 3.57 Å². The lowest BCUT2D eigenvalue weighted by molar-refractivity contribution is 0.226. The number of hydrogen-bond acceptors (Lipinski definition) is 5. The molecule has 0 spiro atoms. The van der Waals surface area contributed by atoms with Crippen LogP contribution in [-0.2, 0) is 4.74 Å². The first-order chi connectivity index (χ1) is 10.9. The minimum absolute atomic E-state index is 0.0436. The highest BCUT2D eigenvalue weighted by molar-refractivity contribution is 14.1. The third kappa shape index (κ3) is 6.18. The number of halogens is 1. The molecule has 0 fully saturated rings. The second-order valence-corrected chi connectivity index (χ2v) is 6.62. The lowest BCUT2D eigenvalue weighted by atomic mass is 10.1. The predicted octanol–water partition coefficient (Wildman–Crippen LogP) is 3.40. The van der Waals surface area contributed by atoms with Crippen LogP contribution in [-0.4, -0.2) is 50.2 Å². The zero-order chi connectivity index (χ0) is 17.4. The molecule has 0 saturated heterocycles. The largest absolute Gasteiger partial charge is 0.496 e. The fourth-order valence-electron chi connectivity index (χ4n) is 2.15. The van der Waals surface area contributed by atoms with Crippen molar-refractivity contribution in [1.82, 2.24) is 4.90 Å². The highest BCUT2D eigenvalue weighted by atomic mass is 127. The molecule has 0 aliphatic heterocycles. The van der Waals surface area contributed by atoms with Gasteiger partial charge in [0.15, 0.2) is 0 Å². The lowest BCUT2D eigenvalue weighted by Gasteiger charge is -2.19. The Balaban J connectivity index is 3.08. The molecule has 0 unspecified atom stereocenters. The Kier molecular flexibility index (Phi) is 8.68. The molecule has 0 aliphatic carbocycles. The molecule has 0 radical (unpaired) electrons. The summed E-state index contributed by atoms with van der Waals surface area (Å²) in [6.45, 7) is 11.9. The van der Waals surface area contributed by atoms with Gasteiger partial charge in [-0.25, -0.2) is 4.99 Å². The maximum atomic E-state index is 5.97. The number of methoxy groups -OCH3 is 1. The van der Waals surface area contributed by atoms with E-state index in [1.165, 1.54) is 0 Å². The molecule has 0 heterocycles. The van der Waals surface area contributed by atoms with E-state index in [0.29, 0.717) is 23.9 Å². The van der Waals surface area contributed by atoms with Crippen LogP contribution >= 0.6 is 22.6 Å². The van der Waals surface area contributed by atoms with E-state index in [2.05, 4.69) is 46.3 Å². The predicted molar refractivity (Wildman–Crippen MR) is 106 cm³/mol. The fourth-order valence-corrected chi connectivity index (χ4v) is 2.61. The summed E-state index contributed by atoms with van der Waals surface area (Å²) in [5, 5.41) is 0. The zero-order valence-electron chi connectivity index (χ0n) is 14.7. The van der Waals surface area contributed by atoms with Crippen molar-refractivity contribution in [2.45, 2.75) is 33.8 Å². The minimum Gasteiger partial charge on any atom is -0.496 e. The van der Waals surface area contributed by atoms with E-state index in [4.69, 9.17) is 15.2 Å². The molecule has 5 nitrogen and oxygen atoms in total. The Morgan fingerprint density at radius 2 is 1.96 bits per heavy atom. The van der Waals surface area contributed by atoms with Crippen molar-refractivity contribution in [2.24, 2.45) is 4.99 Å². The van der Waals surface area contributed by atoms with E-state index in [9.17, 15) is 0 Å². The normalized spacial score (nSPS) is 12.1. The van der Waals surface area contributed by atoms with Crippen LogP contribution in [0.15, 0.2) is 17.1 Å². The maximum Gasteiger partial charge on any atom is 0.220 e. The molecule has 6 heteroatoms. The average molecular weight is 433 g/mol. The molecule has 0 atom stereocenters. The summed E-state index contributed by atoms with van der Waals surface area (Å²) < 4.78 is 12.3. The highest BCUT2D eigenvalue weighted by Gasteiger charge is 2.16. The van der Waals surface area contributed by atoms with Crippen molar-refractivity contribution in [3.63, 3.8) is 0 Å². The van der Waals surface area contributed by atoms with Crippen LogP contribution in [0.1, 0.15) is 33.3 Å². The summed E-state index contributed by atoms with van der Waals surface area (Å²) in [5.41, 5.74) is 7.51. The number of anilines is 1. The van der Waals surface area contributed by atoms with Gasteiger partial charge < -0.3 is 20.1 Å². The SMILES string of the molecule is CCN(CC)CC/N=C(\OC(C)C)c1cc(I)c(N)cc1OC. The van der Waals surface area contributed by atoms with Crippen molar-refractivity contribution in [3.05, 3.63) is 21.3 Å². The molecular weight excluding hydrogens is 405 g/mol. The number of nitrogens with two attached hydrogens (primary N) is 1. The summed E-state index contributed by atoms with van der Waals surface area (Å²) in [6, 6.07) is 3.79. The molecule has 1 aromatic rings. The van der Waals surface area contributed by atoms with Gasteiger partial charge in [0.25, 0.3) is 0 Å². The van der Waals surface area contributed by atoms with Crippen LogP contribution in [0.25, 0.3) is 0 Å². The summed E-state index contributed by atoms with van der Waals surface area (Å²) in [6.07, 6.45) is 0.0436. The standard InChI is InChI=1S/C17H28IN3O2/c1-6-21(7-2)9-8-20-17(23-12(3)4)13-10-14(18)15(19)11-16(13)22-5/h10-12H,6-9,19H2,1-5H3/b20-17-. The van der Waals surface area contributed by atoms with Crippen molar-refractivity contribution >= 4 is 34.2 Å². The van der Waals surface area contributed by atoms with Crippen molar-refractivity contribution in [3.8, 4) is 5.75 Å². The van der Waals surface area contributed by atoms with Crippen LogP contribution in [0.5, 0.6) is 5.75 Å². The molecular formula is C17H28IN3O2. The number of nitrogens with zero attached hydrogens (tertiary/aromatic N) is 2. The first-order valence-electron chi connectivity index (χ1n) is 7.99. The van der Waals surface area contributed by atoms with E-state index in [0.717, 1.165) is 28.8 Å². The second-order valence-electron chi connectivity index (χ2n) is 5.45. The molecule has 0 saturated carbocycles. The minimum atomic E-state index is 0.0436. The van der Waals surface area contributed by atoms with Gasteiger partial charge in [0.05, 0.1) is 25.3 Å². The first-order valence-corrected chi connectivity index (χ1v) is 9.07. The third-order valence-electron chi connectivity index (χ3n) is 3.46. The zero-order valence-corrected chi connectivity index (χ0v) is 16.9. The number of rotatable bonds is 8. The van der Waals surface area contributed by atoms with Gasteiger partial charge in [-0.15, -0.1) is 0 Å². The van der Waals surface area contributed by atoms with Gasteiger partial charge in [0.1, 0.15) is 5.75 Å². The summed E-state index contributed by atoms with van der Waals surface area (Å²) >= 11 is 2.21. The Morgan fingerprint density at radius 1 is 1.30 bits per heavy atom. The average Bonchev–Trinajstić information content (AvgIpc) is 2.52. The second kappa shape index (κ2) is 9.97. The van der Waals surface area contributed by atoms with Gasteiger partial charge in [-0.3, -0.25) is 0 Å². The van der Waals surface area contributed by atoms with Gasteiger partial charge in [-0.2, -0.15) is 0 Å². The molecule has 130 valence electrons. The molecule has 0 aliphatic rings.